The molecule has 2 aromatic rings. The van der Waals surface area contributed by atoms with Crippen LogP contribution in [-0.4, -0.2) is 25.5 Å². The third-order valence-corrected chi connectivity index (χ3v) is 3.17. The van der Waals surface area contributed by atoms with Crippen molar-refractivity contribution < 1.29 is 18.7 Å². The number of rotatable bonds is 4. The lowest BCUT2D eigenvalue weighted by Crippen LogP contribution is -2.31. The van der Waals surface area contributed by atoms with Crippen molar-refractivity contribution in [1.29, 1.82) is 0 Å². The second kappa shape index (κ2) is 6.85. The normalized spacial score (nSPS) is 10.1. The van der Waals surface area contributed by atoms with Gasteiger partial charge in [-0.05, 0) is 48.9 Å². The summed E-state index contributed by atoms with van der Waals surface area (Å²) in [5.74, 6) is -1.45. The number of ether oxygens (including phenoxy) is 1. The minimum atomic E-state index is -0.661. The molecular weight excluding hydrogens is 285 g/mol. The monoisotopic (exact) mass is 301 g/mol. The molecule has 5 heteroatoms. The number of anilines is 1. The Hall–Kier alpha value is -2.69. The molecule has 4 nitrogen and oxygen atoms in total. The molecule has 2 aromatic carbocycles. The van der Waals surface area contributed by atoms with Crippen molar-refractivity contribution in [2.24, 2.45) is 0 Å². The molecule has 0 saturated carbocycles. The Morgan fingerprint density at radius 1 is 1.14 bits per heavy atom. The van der Waals surface area contributed by atoms with Crippen molar-refractivity contribution in [3.05, 3.63) is 65.5 Å². The smallest absolute Gasteiger partial charge is 0.338 e. The highest BCUT2D eigenvalue weighted by atomic mass is 19.1. The highest BCUT2D eigenvalue weighted by Gasteiger charge is 2.14. The van der Waals surface area contributed by atoms with E-state index >= 15 is 0 Å². The predicted octanol–water partition coefficient (Wildman–Crippen LogP) is 2.95. The van der Waals surface area contributed by atoms with Gasteiger partial charge < -0.3 is 9.64 Å². The minimum Gasteiger partial charge on any atom is -0.452 e. The third kappa shape index (κ3) is 3.91. The maximum absolute atomic E-state index is 12.8. The van der Waals surface area contributed by atoms with Crippen LogP contribution in [-0.2, 0) is 9.53 Å². The first-order valence-corrected chi connectivity index (χ1v) is 6.73. The summed E-state index contributed by atoms with van der Waals surface area (Å²) >= 11 is 0. The van der Waals surface area contributed by atoms with Gasteiger partial charge in [-0.25, -0.2) is 9.18 Å². The fourth-order valence-corrected chi connectivity index (χ4v) is 1.87. The number of nitrogens with zero attached hydrogens (tertiary/aromatic N) is 1. The van der Waals surface area contributed by atoms with Gasteiger partial charge in [0.25, 0.3) is 5.91 Å². The van der Waals surface area contributed by atoms with Gasteiger partial charge in [-0.3, -0.25) is 4.79 Å². The average Bonchev–Trinajstić information content (AvgIpc) is 2.52. The number of aryl methyl sites for hydroxylation is 1. The maximum Gasteiger partial charge on any atom is 0.338 e. The Bertz CT molecular complexity index is 683. The molecule has 0 saturated heterocycles. The lowest BCUT2D eigenvalue weighted by atomic mass is 10.2. The Morgan fingerprint density at radius 3 is 2.45 bits per heavy atom. The quantitative estimate of drug-likeness (QED) is 0.816. The molecule has 0 radical (unpaired) electrons. The summed E-state index contributed by atoms with van der Waals surface area (Å²) in [4.78, 5) is 25.2. The van der Waals surface area contributed by atoms with Gasteiger partial charge >= 0.3 is 5.97 Å². The summed E-state index contributed by atoms with van der Waals surface area (Å²) in [6.45, 7) is 1.55. The molecule has 22 heavy (non-hydrogen) atoms. The Kier molecular flexibility index (Phi) is 4.88. The van der Waals surface area contributed by atoms with E-state index in [9.17, 15) is 14.0 Å². The summed E-state index contributed by atoms with van der Waals surface area (Å²) < 4.78 is 17.7. The van der Waals surface area contributed by atoms with Crippen molar-refractivity contribution in [3.8, 4) is 0 Å². The summed E-state index contributed by atoms with van der Waals surface area (Å²) in [6, 6.07) is 12.4. The van der Waals surface area contributed by atoms with Crippen LogP contribution in [0.5, 0.6) is 0 Å². The molecule has 0 atom stereocenters. The van der Waals surface area contributed by atoms with Gasteiger partial charge in [-0.2, -0.15) is 0 Å². The average molecular weight is 301 g/mol. The zero-order valence-electron chi connectivity index (χ0n) is 12.4. The van der Waals surface area contributed by atoms with E-state index in [1.54, 1.807) is 13.1 Å². The van der Waals surface area contributed by atoms with E-state index in [4.69, 9.17) is 4.74 Å². The summed E-state index contributed by atoms with van der Waals surface area (Å²) in [5.41, 5.74) is 1.95. The Labute approximate surface area is 128 Å². The number of hydrogen-bond acceptors (Lipinski definition) is 3. The van der Waals surface area contributed by atoms with Gasteiger partial charge in [-0.1, -0.05) is 12.1 Å². The number of carbonyl (C=O) groups is 2. The van der Waals surface area contributed by atoms with Gasteiger partial charge in [0.1, 0.15) is 5.82 Å². The van der Waals surface area contributed by atoms with Crippen molar-refractivity contribution in [3.63, 3.8) is 0 Å². The van der Waals surface area contributed by atoms with E-state index in [0.29, 0.717) is 0 Å². The van der Waals surface area contributed by atoms with Gasteiger partial charge in [0, 0.05) is 12.7 Å². The van der Waals surface area contributed by atoms with Crippen LogP contribution >= 0.6 is 0 Å². The number of halogens is 1. The summed E-state index contributed by atoms with van der Waals surface area (Å²) in [6.07, 6.45) is 0. The van der Waals surface area contributed by atoms with Crippen LogP contribution in [0, 0.1) is 12.7 Å². The van der Waals surface area contributed by atoms with Crippen LogP contribution in [0.2, 0.25) is 0 Å². The van der Waals surface area contributed by atoms with Crippen LogP contribution < -0.4 is 4.90 Å². The van der Waals surface area contributed by atoms with Crippen molar-refractivity contribution in [1.82, 2.24) is 0 Å². The minimum absolute atomic E-state index is 0.201. The molecule has 0 heterocycles. The molecule has 0 fully saturated rings. The van der Waals surface area contributed by atoms with Gasteiger partial charge in [0.05, 0.1) is 5.56 Å². The molecule has 1 amide bonds. The summed E-state index contributed by atoms with van der Waals surface area (Å²) in [5, 5.41) is 0. The van der Waals surface area contributed by atoms with Crippen LogP contribution in [0.3, 0.4) is 0 Å². The van der Waals surface area contributed by atoms with Crippen molar-refractivity contribution in [2.75, 3.05) is 18.6 Å². The number of likely N-dealkylation sites (N-methyl/N-ethyl adjacent to an activating group) is 1. The number of esters is 1. The first-order valence-electron chi connectivity index (χ1n) is 6.73. The van der Waals surface area contributed by atoms with Crippen LogP contribution in [0.4, 0.5) is 10.1 Å². The van der Waals surface area contributed by atoms with Gasteiger partial charge in [0.15, 0.2) is 6.61 Å². The molecule has 114 valence electrons. The van der Waals surface area contributed by atoms with E-state index in [1.165, 1.54) is 17.0 Å². The van der Waals surface area contributed by atoms with Crippen LogP contribution in [0.15, 0.2) is 48.5 Å². The number of benzene rings is 2. The predicted molar refractivity (Wildman–Crippen MR) is 81.3 cm³/mol. The first kappa shape index (κ1) is 15.7. The molecule has 0 N–H and O–H groups in total. The zero-order chi connectivity index (χ0) is 16.1. The SMILES string of the molecule is Cc1cccc(N(C)C(=O)COC(=O)c2ccc(F)cc2)c1. The molecule has 0 spiro atoms. The van der Waals surface area contributed by atoms with E-state index in [0.717, 1.165) is 23.4 Å². The standard InChI is InChI=1S/C17H16FNO3/c1-12-4-3-5-15(10-12)19(2)16(20)11-22-17(21)13-6-8-14(18)9-7-13/h3-10H,11H2,1-2H3. The van der Waals surface area contributed by atoms with E-state index in [-0.39, 0.29) is 18.1 Å². The molecule has 0 aliphatic heterocycles. The molecule has 0 aromatic heterocycles. The molecule has 0 aliphatic carbocycles. The van der Waals surface area contributed by atoms with Gasteiger partial charge in [-0.15, -0.1) is 0 Å². The molecule has 0 bridgehead atoms. The highest BCUT2D eigenvalue weighted by Crippen LogP contribution is 2.14. The topological polar surface area (TPSA) is 46.6 Å². The van der Waals surface area contributed by atoms with Crippen molar-refractivity contribution in [2.45, 2.75) is 6.92 Å². The number of amides is 1. The van der Waals surface area contributed by atoms with Crippen molar-refractivity contribution >= 4 is 17.6 Å². The lowest BCUT2D eigenvalue weighted by Gasteiger charge is -2.17. The Balaban J connectivity index is 1.94. The summed E-state index contributed by atoms with van der Waals surface area (Å²) in [7, 11) is 1.61. The number of carbonyl (C=O) groups excluding carboxylic acids is 2. The number of hydrogen-bond donors (Lipinski definition) is 0. The molecule has 0 unspecified atom stereocenters. The molecular formula is C17H16FNO3. The maximum atomic E-state index is 12.8. The second-order valence-electron chi connectivity index (χ2n) is 4.87. The lowest BCUT2D eigenvalue weighted by molar-refractivity contribution is -0.121. The van der Waals surface area contributed by atoms with Crippen LogP contribution in [0.25, 0.3) is 0 Å². The second-order valence-corrected chi connectivity index (χ2v) is 4.87. The fourth-order valence-electron chi connectivity index (χ4n) is 1.87. The van der Waals surface area contributed by atoms with E-state index in [1.807, 2.05) is 25.1 Å². The van der Waals surface area contributed by atoms with Gasteiger partial charge in [0.2, 0.25) is 0 Å². The molecule has 0 aliphatic rings. The van der Waals surface area contributed by atoms with E-state index in [2.05, 4.69) is 0 Å². The van der Waals surface area contributed by atoms with Crippen LogP contribution in [0.1, 0.15) is 15.9 Å². The third-order valence-electron chi connectivity index (χ3n) is 3.17. The fraction of sp³-hybridized carbons (Fsp3) is 0.176. The largest absolute Gasteiger partial charge is 0.452 e. The van der Waals surface area contributed by atoms with E-state index < -0.39 is 11.8 Å². The highest BCUT2D eigenvalue weighted by molar-refractivity contribution is 5.96. The first-order chi connectivity index (χ1) is 10.5. The molecule has 2 rings (SSSR count). The zero-order valence-corrected chi connectivity index (χ0v) is 12.4. The Morgan fingerprint density at radius 2 is 1.82 bits per heavy atom.